The van der Waals surface area contributed by atoms with Gasteiger partial charge in [0.1, 0.15) is 5.82 Å². The molecule has 1 heterocycles. The molecule has 0 aliphatic heterocycles. The molecule has 2 rings (SSSR count). The SMILES string of the molecule is O=C(NC(CO)C(=O)O)c1cc2c(F)cccc2s1. The maximum Gasteiger partial charge on any atom is 0.328 e. The van der Waals surface area contributed by atoms with Crippen LogP contribution in [0.3, 0.4) is 0 Å². The van der Waals surface area contributed by atoms with E-state index in [1.807, 2.05) is 0 Å². The van der Waals surface area contributed by atoms with Crippen LogP contribution in [0.15, 0.2) is 24.3 Å². The molecule has 2 aromatic rings. The normalized spacial score (nSPS) is 12.3. The molecule has 0 saturated carbocycles. The average Bonchev–Trinajstić information content (AvgIpc) is 2.80. The fraction of sp³-hybridized carbons (Fsp3) is 0.167. The molecule has 0 radical (unpaired) electrons. The molecular weight excluding hydrogens is 273 g/mol. The molecule has 0 aliphatic rings. The second-order valence-corrected chi connectivity index (χ2v) is 4.89. The number of halogens is 1. The van der Waals surface area contributed by atoms with Crippen LogP contribution in [0.5, 0.6) is 0 Å². The summed E-state index contributed by atoms with van der Waals surface area (Å²) in [6.07, 6.45) is 0. The number of fused-ring (bicyclic) bond motifs is 1. The van der Waals surface area contributed by atoms with Crippen molar-refractivity contribution in [3.05, 3.63) is 35.0 Å². The van der Waals surface area contributed by atoms with Crippen LogP contribution in [-0.4, -0.2) is 34.7 Å². The summed E-state index contributed by atoms with van der Waals surface area (Å²) in [7, 11) is 0. The Morgan fingerprint density at radius 1 is 1.42 bits per heavy atom. The third kappa shape index (κ3) is 2.72. The molecule has 0 aliphatic carbocycles. The molecule has 7 heteroatoms. The van der Waals surface area contributed by atoms with Gasteiger partial charge < -0.3 is 15.5 Å². The van der Waals surface area contributed by atoms with E-state index in [2.05, 4.69) is 5.32 Å². The van der Waals surface area contributed by atoms with E-state index in [1.165, 1.54) is 18.2 Å². The Kier molecular flexibility index (Phi) is 3.77. The summed E-state index contributed by atoms with van der Waals surface area (Å²) < 4.78 is 14.1. The fourth-order valence-electron chi connectivity index (χ4n) is 1.55. The number of carbonyl (C=O) groups excluding carboxylic acids is 1. The Morgan fingerprint density at radius 3 is 2.74 bits per heavy atom. The van der Waals surface area contributed by atoms with Crippen LogP contribution in [0.4, 0.5) is 4.39 Å². The van der Waals surface area contributed by atoms with Crippen LogP contribution in [0, 0.1) is 5.82 Å². The number of carboxylic acids is 1. The minimum Gasteiger partial charge on any atom is -0.480 e. The van der Waals surface area contributed by atoms with Crippen LogP contribution < -0.4 is 5.32 Å². The van der Waals surface area contributed by atoms with Crippen molar-refractivity contribution in [2.75, 3.05) is 6.61 Å². The van der Waals surface area contributed by atoms with Gasteiger partial charge in [-0.2, -0.15) is 0 Å². The van der Waals surface area contributed by atoms with Crippen molar-refractivity contribution in [2.45, 2.75) is 6.04 Å². The number of nitrogens with one attached hydrogen (secondary N) is 1. The van der Waals surface area contributed by atoms with Gasteiger partial charge in [0.15, 0.2) is 6.04 Å². The first-order valence-corrected chi connectivity index (χ1v) is 6.17. The van der Waals surface area contributed by atoms with Gasteiger partial charge in [-0.25, -0.2) is 9.18 Å². The number of aliphatic hydroxyl groups excluding tert-OH is 1. The molecule has 0 fully saturated rings. The molecular formula is C12H10FNO4S. The number of hydrogen-bond acceptors (Lipinski definition) is 4. The van der Waals surface area contributed by atoms with Gasteiger partial charge in [-0.1, -0.05) is 6.07 Å². The summed E-state index contributed by atoms with van der Waals surface area (Å²) in [5, 5.41) is 20.0. The summed E-state index contributed by atoms with van der Waals surface area (Å²) in [6.45, 7) is -0.708. The van der Waals surface area contributed by atoms with Gasteiger partial charge in [0, 0.05) is 10.1 Å². The van der Waals surface area contributed by atoms with Crippen molar-refractivity contribution in [3.8, 4) is 0 Å². The highest BCUT2D eigenvalue weighted by atomic mass is 32.1. The second-order valence-electron chi connectivity index (χ2n) is 3.81. The molecule has 1 unspecified atom stereocenters. The van der Waals surface area contributed by atoms with E-state index in [9.17, 15) is 14.0 Å². The number of rotatable bonds is 4. The minimum absolute atomic E-state index is 0.194. The number of aliphatic carboxylic acids is 1. The zero-order valence-electron chi connectivity index (χ0n) is 9.59. The number of aliphatic hydroxyl groups is 1. The highest BCUT2D eigenvalue weighted by Gasteiger charge is 2.21. The van der Waals surface area contributed by atoms with E-state index < -0.39 is 30.3 Å². The Balaban J connectivity index is 2.27. The summed E-state index contributed by atoms with van der Waals surface area (Å²) in [6, 6.07) is 4.47. The van der Waals surface area contributed by atoms with Crippen LogP contribution in [-0.2, 0) is 4.79 Å². The van der Waals surface area contributed by atoms with Crippen molar-refractivity contribution in [1.82, 2.24) is 5.32 Å². The van der Waals surface area contributed by atoms with E-state index in [0.717, 1.165) is 11.3 Å². The van der Waals surface area contributed by atoms with Gasteiger partial charge >= 0.3 is 5.97 Å². The number of carbonyl (C=O) groups is 2. The highest BCUT2D eigenvalue weighted by molar-refractivity contribution is 7.20. The molecule has 0 saturated heterocycles. The van der Waals surface area contributed by atoms with Crippen molar-refractivity contribution < 1.29 is 24.2 Å². The number of thiophene rings is 1. The van der Waals surface area contributed by atoms with E-state index in [0.29, 0.717) is 10.1 Å². The van der Waals surface area contributed by atoms with E-state index >= 15 is 0 Å². The van der Waals surface area contributed by atoms with E-state index in [4.69, 9.17) is 10.2 Å². The molecule has 3 N–H and O–H groups in total. The van der Waals surface area contributed by atoms with Crippen LogP contribution in [0.1, 0.15) is 9.67 Å². The third-order valence-corrected chi connectivity index (χ3v) is 3.62. The van der Waals surface area contributed by atoms with Crippen LogP contribution in [0.25, 0.3) is 10.1 Å². The Hall–Kier alpha value is -1.99. The van der Waals surface area contributed by atoms with E-state index in [-0.39, 0.29) is 4.88 Å². The summed E-state index contributed by atoms with van der Waals surface area (Å²) in [5.41, 5.74) is 0. The zero-order valence-corrected chi connectivity index (χ0v) is 10.4. The van der Waals surface area contributed by atoms with E-state index in [1.54, 1.807) is 6.07 Å². The standard InChI is InChI=1S/C12H10FNO4S/c13-7-2-1-3-9-6(7)4-10(19-9)11(16)14-8(5-15)12(17)18/h1-4,8,15H,5H2,(H,14,16)(H,17,18). The lowest BCUT2D eigenvalue weighted by Crippen LogP contribution is -2.43. The smallest absolute Gasteiger partial charge is 0.328 e. The Labute approximate surface area is 111 Å². The molecule has 1 amide bonds. The monoisotopic (exact) mass is 283 g/mol. The lowest BCUT2D eigenvalue weighted by Gasteiger charge is -2.10. The molecule has 0 bridgehead atoms. The van der Waals surface area contributed by atoms with Crippen molar-refractivity contribution in [2.24, 2.45) is 0 Å². The van der Waals surface area contributed by atoms with Gasteiger partial charge in [-0.05, 0) is 18.2 Å². The maximum absolute atomic E-state index is 13.5. The third-order valence-electron chi connectivity index (χ3n) is 2.52. The molecule has 19 heavy (non-hydrogen) atoms. The van der Waals surface area contributed by atoms with Crippen LogP contribution in [0.2, 0.25) is 0 Å². The second kappa shape index (κ2) is 5.33. The fourth-order valence-corrected chi connectivity index (χ4v) is 2.53. The highest BCUT2D eigenvalue weighted by Crippen LogP contribution is 2.27. The van der Waals surface area contributed by atoms with Crippen molar-refractivity contribution >= 4 is 33.3 Å². The van der Waals surface area contributed by atoms with Crippen molar-refractivity contribution in [3.63, 3.8) is 0 Å². The predicted molar refractivity (Wildman–Crippen MR) is 67.8 cm³/mol. The predicted octanol–water partition coefficient (Wildman–Crippen LogP) is 1.22. The first-order valence-electron chi connectivity index (χ1n) is 5.35. The summed E-state index contributed by atoms with van der Waals surface area (Å²) >= 11 is 1.06. The number of benzene rings is 1. The Morgan fingerprint density at radius 2 is 2.16 bits per heavy atom. The quantitative estimate of drug-likeness (QED) is 0.787. The van der Waals surface area contributed by atoms with Crippen molar-refractivity contribution in [1.29, 1.82) is 0 Å². The van der Waals surface area contributed by atoms with Gasteiger partial charge in [-0.3, -0.25) is 4.79 Å². The maximum atomic E-state index is 13.5. The molecule has 5 nitrogen and oxygen atoms in total. The molecule has 1 aromatic heterocycles. The average molecular weight is 283 g/mol. The molecule has 1 aromatic carbocycles. The van der Waals surface area contributed by atoms with Gasteiger partial charge in [0.05, 0.1) is 11.5 Å². The lowest BCUT2D eigenvalue weighted by atomic mass is 10.2. The summed E-state index contributed by atoms with van der Waals surface area (Å²) in [4.78, 5) is 22.7. The Bertz CT molecular complexity index is 640. The van der Waals surface area contributed by atoms with Gasteiger partial charge in [0.2, 0.25) is 0 Å². The number of amides is 1. The first-order chi connectivity index (χ1) is 9.02. The van der Waals surface area contributed by atoms with Crippen LogP contribution >= 0.6 is 11.3 Å². The number of hydrogen-bond donors (Lipinski definition) is 3. The topological polar surface area (TPSA) is 86.6 Å². The summed E-state index contributed by atoms with van der Waals surface area (Å²) in [5.74, 6) is -2.42. The molecule has 0 spiro atoms. The molecule has 1 atom stereocenters. The minimum atomic E-state index is -1.37. The zero-order chi connectivity index (χ0) is 14.0. The van der Waals surface area contributed by atoms with Gasteiger partial charge in [-0.15, -0.1) is 11.3 Å². The first kappa shape index (κ1) is 13.4. The molecule has 100 valence electrons. The number of carboxylic acid groups (broad SMARTS) is 1. The largest absolute Gasteiger partial charge is 0.480 e. The lowest BCUT2D eigenvalue weighted by molar-refractivity contribution is -0.140. The van der Waals surface area contributed by atoms with Gasteiger partial charge in [0.25, 0.3) is 5.91 Å².